The molecule has 10 heavy (non-hydrogen) atoms. The molecule has 0 aliphatic carbocycles. The molecule has 0 spiro atoms. The van der Waals surface area contributed by atoms with E-state index in [1.54, 1.807) is 0 Å². The van der Waals surface area contributed by atoms with E-state index in [0.717, 1.165) is 0 Å². The van der Waals surface area contributed by atoms with Crippen molar-refractivity contribution in [3.05, 3.63) is 30.0 Å². The van der Waals surface area contributed by atoms with Crippen LogP contribution in [0.2, 0.25) is 0 Å². The normalized spacial score (nSPS) is 14.8. The highest BCUT2D eigenvalue weighted by molar-refractivity contribution is 5.69. The van der Waals surface area contributed by atoms with Gasteiger partial charge in [-0.3, -0.25) is 9.78 Å². The maximum absolute atomic E-state index is 10.4. The third-order valence-electron chi connectivity index (χ3n) is 0.844. The zero-order valence-electron chi connectivity index (χ0n) is 9.01. The van der Waals surface area contributed by atoms with Gasteiger partial charge in [0.25, 0.3) is 0 Å². The minimum absolute atomic E-state index is 0.126. The van der Waals surface area contributed by atoms with E-state index in [2.05, 4.69) is 4.98 Å². The van der Waals surface area contributed by atoms with Crippen molar-refractivity contribution in [2.45, 2.75) is 6.42 Å². The van der Waals surface area contributed by atoms with E-state index < -0.39 is 36.8 Å². The fourth-order valence-corrected chi connectivity index (χ4v) is 0.490. The first kappa shape index (κ1) is 3.14. The molecule has 0 saturated heterocycles. The fourth-order valence-electron chi connectivity index (χ4n) is 0.490. The van der Waals surface area contributed by atoms with Gasteiger partial charge in [-0.25, -0.2) is 0 Å². The fraction of sp³-hybridized carbons (Fsp3) is 0.143. The number of carbonyl (C=O) groups is 1. The lowest BCUT2D eigenvalue weighted by atomic mass is 10.2. The molecule has 0 amide bonds. The summed E-state index contributed by atoms with van der Waals surface area (Å²) in [5.74, 6) is -1.19. The van der Waals surface area contributed by atoms with Gasteiger partial charge in [0.1, 0.15) is 0 Å². The predicted molar refractivity (Wildman–Crippen MR) is 35.6 cm³/mol. The number of hydrogen-bond donors (Lipinski definition) is 1. The molecule has 0 aliphatic rings. The summed E-state index contributed by atoms with van der Waals surface area (Å²) >= 11 is 0. The van der Waals surface area contributed by atoms with Crippen molar-refractivity contribution in [3.63, 3.8) is 0 Å². The smallest absolute Gasteiger partial charge is 0.307 e. The second-order valence-electron chi connectivity index (χ2n) is 1.63. The minimum atomic E-state index is -1.19. The van der Waals surface area contributed by atoms with Crippen LogP contribution in [0, 0.1) is 0 Å². The van der Waals surface area contributed by atoms with Gasteiger partial charge in [-0.1, -0.05) is 6.04 Å². The highest BCUT2D eigenvalue weighted by Gasteiger charge is 1.97. The van der Waals surface area contributed by atoms with Crippen molar-refractivity contribution < 1.29 is 15.4 Å². The van der Waals surface area contributed by atoms with Crippen LogP contribution < -0.4 is 0 Å². The maximum Gasteiger partial charge on any atom is 0.307 e. The van der Waals surface area contributed by atoms with E-state index in [9.17, 15) is 4.79 Å². The topological polar surface area (TPSA) is 50.2 Å². The van der Waals surface area contributed by atoms with Crippen molar-refractivity contribution >= 4 is 5.97 Å². The van der Waals surface area contributed by atoms with E-state index >= 15 is 0 Å². The average molecular weight is 141 g/mol. The highest BCUT2D eigenvalue weighted by atomic mass is 16.4. The van der Waals surface area contributed by atoms with Crippen molar-refractivity contribution in [1.29, 1.82) is 0 Å². The minimum Gasteiger partial charge on any atom is -0.481 e. The van der Waals surface area contributed by atoms with Crippen LogP contribution in [0.15, 0.2) is 24.4 Å². The summed E-state index contributed by atoms with van der Waals surface area (Å²) in [6.45, 7) is 0. The van der Waals surface area contributed by atoms with Gasteiger partial charge in [0.05, 0.1) is 11.9 Å². The number of nitrogens with zero attached hydrogens (tertiary/aromatic N) is 1. The predicted octanol–water partition coefficient (Wildman–Crippen LogP) is 0.709. The van der Waals surface area contributed by atoms with Gasteiger partial charge < -0.3 is 5.11 Å². The molecule has 0 aliphatic heterocycles. The number of rotatable bonds is 2. The molecule has 0 fully saturated rings. The third-order valence-corrected chi connectivity index (χ3v) is 0.844. The molecular formula is C7H7NO2. The summed E-state index contributed by atoms with van der Waals surface area (Å²) in [4.78, 5) is 13.7. The molecule has 0 aromatic carbocycles. The summed E-state index contributed by atoms with van der Waals surface area (Å²) in [6.07, 6.45) is -1.41. The van der Waals surface area contributed by atoms with Crippen molar-refractivity contribution in [2.75, 3.05) is 0 Å². The molecule has 3 heteroatoms. The van der Waals surface area contributed by atoms with Crippen LogP contribution in [-0.2, 0) is 11.2 Å². The van der Waals surface area contributed by atoms with Crippen LogP contribution >= 0.6 is 0 Å². The number of hydrogen-bond acceptors (Lipinski definition) is 2. The first-order valence-electron chi connectivity index (χ1n) is 4.58. The zero-order chi connectivity index (χ0) is 10.9. The van der Waals surface area contributed by atoms with Crippen molar-refractivity contribution in [3.8, 4) is 0 Å². The Labute approximate surface area is 64.0 Å². The summed E-state index contributed by atoms with van der Waals surface area (Å²) < 4.78 is 28.9. The first-order chi connectivity index (χ1) is 6.43. The Balaban J connectivity index is 3.29. The summed E-state index contributed by atoms with van der Waals surface area (Å²) in [5.41, 5.74) is -0.126. The van der Waals surface area contributed by atoms with Crippen LogP contribution in [0.3, 0.4) is 0 Å². The summed E-state index contributed by atoms with van der Waals surface area (Å²) in [5, 5.41) is 8.47. The second-order valence-corrected chi connectivity index (χ2v) is 1.63. The van der Waals surface area contributed by atoms with Crippen molar-refractivity contribution in [1.82, 2.24) is 4.98 Å². The van der Waals surface area contributed by atoms with E-state index in [0.29, 0.717) is 0 Å². The molecule has 52 valence electrons. The Hall–Kier alpha value is -1.38. The first-order valence-corrected chi connectivity index (χ1v) is 2.58. The standard InChI is InChI=1S/C7H7NO2/c9-7(10)4-6-2-1-3-8-5-6/h1-3,5H,4H2,(H,9,10)/i1D,2D,3D,5D. The van der Waals surface area contributed by atoms with Gasteiger partial charge in [-0.15, -0.1) is 0 Å². The number of carboxylic acids is 1. The van der Waals surface area contributed by atoms with Crippen LogP contribution in [0.1, 0.15) is 11.0 Å². The summed E-state index contributed by atoms with van der Waals surface area (Å²) in [7, 11) is 0. The largest absolute Gasteiger partial charge is 0.481 e. The Morgan fingerprint density at radius 2 is 2.70 bits per heavy atom. The quantitative estimate of drug-likeness (QED) is 0.659. The van der Waals surface area contributed by atoms with Crippen LogP contribution in [0.4, 0.5) is 0 Å². The van der Waals surface area contributed by atoms with Gasteiger partial charge in [0, 0.05) is 12.3 Å². The van der Waals surface area contributed by atoms with E-state index in [1.165, 1.54) is 0 Å². The van der Waals surface area contributed by atoms with Gasteiger partial charge in [-0.2, -0.15) is 0 Å². The SMILES string of the molecule is [2H]c1nc([2H])c(CC(=O)O)c([2H])c1[2H]. The van der Waals surface area contributed by atoms with Gasteiger partial charge in [0.2, 0.25) is 0 Å². The molecule has 0 radical (unpaired) electrons. The van der Waals surface area contributed by atoms with Crippen LogP contribution in [0.25, 0.3) is 0 Å². The highest BCUT2D eigenvalue weighted by Crippen LogP contribution is 1.95. The molecule has 1 rings (SSSR count). The van der Waals surface area contributed by atoms with Gasteiger partial charge >= 0.3 is 5.97 Å². The maximum atomic E-state index is 10.4. The lowest BCUT2D eigenvalue weighted by Crippen LogP contribution is -1.99. The Kier molecular flexibility index (Phi) is 0.931. The van der Waals surface area contributed by atoms with Crippen molar-refractivity contribution in [2.24, 2.45) is 0 Å². The van der Waals surface area contributed by atoms with Gasteiger partial charge in [0.15, 0.2) is 0 Å². The molecule has 1 N–H and O–H groups in total. The lowest BCUT2D eigenvalue weighted by Gasteiger charge is -1.91. The Morgan fingerprint density at radius 3 is 3.40 bits per heavy atom. The Morgan fingerprint density at radius 1 is 1.90 bits per heavy atom. The third kappa shape index (κ3) is 1.85. The van der Waals surface area contributed by atoms with Crippen LogP contribution in [-0.4, -0.2) is 16.1 Å². The number of carboxylic acid groups (broad SMARTS) is 1. The van der Waals surface area contributed by atoms with Gasteiger partial charge in [-0.05, 0) is 11.6 Å². The molecule has 1 aromatic rings. The summed E-state index contributed by atoms with van der Waals surface area (Å²) in [6, 6.07) is -0.852. The van der Waals surface area contributed by atoms with E-state index in [-0.39, 0.29) is 5.56 Å². The molecule has 0 bridgehead atoms. The molecule has 0 saturated carbocycles. The molecule has 1 aromatic heterocycles. The number of aromatic nitrogens is 1. The van der Waals surface area contributed by atoms with Crippen LogP contribution in [0.5, 0.6) is 0 Å². The number of pyridine rings is 1. The second kappa shape index (κ2) is 2.96. The molecule has 3 nitrogen and oxygen atoms in total. The zero-order valence-corrected chi connectivity index (χ0v) is 5.01. The molecular weight excluding hydrogens is 130 g/mol. The molecule has 0 unspecified atom stereocenters. The lowest BCUT2D eigenvalue weighted by molar-refractivity contribution is -0.136. The molecule has 1 heterocycles. The molecule has 0 atom stereocenters. The number of aliphatic carboxylic acids is 1. The average Bonchev–Trinajstić information content (AvgIpc) is 2.09. The Bertz CT molecular complexity index is 394. The van der Waals surface area contributed by atoms with E-state index in [1.807, 2.05) is 0 Å². The monoisotopic (exact) mass is 141 g/mol. The van der Waals surface area contributed by atoms with E-state index in [4.69, 9.17) is 10.6 Å².